The van der Waals surface area contributed by atoms with E-state index in [1.54, 1.807) is 0 Å². The summed E-state index contributed by atoms with van der Waals surface area (Å²) in [5, 5.41) is 0. The first kappa shape index (κ1) is 24.3. The van der Waals surface area contributed by atoms with E-state index in [4.69, 9.17) is 17.8 Å². The van der Waals surface area contributed by atoms with Crippen molar-refractivity contribution >= 4 is 20.2 Å². The average Bonchev–Trinajstić information content (AvgIpc) is 2.70. The second kappa shape index (κ2) is 11.4. The zero-order chi connectivity index (χ0) is 22.0. The van der Waals surface area contributed by atoms with Gasteiger partial charge in [0, 0.05) is 0 Å². The van der Waals surface area contributed by atoms with E-state index in [2.05, 4.69) is 0 Å². The first-order valence-electron chi connectivity index (χ1n) is 8.66. The molecule has 0 aliphatic carbocycles. The highest BCUT2D eigenvalue weighted by atomic mass is 32.2. The molecular formula is C18H20F2O8S2. The normalized spacial score (nSPS) is 12.2. The van der Waals surface area contributed by atoms with Gasteiger partial charge in [-0.05, 0) is 48.5 Å². The summed E-state index contributed by atoms with van der Waals surface area (Å²) in [5.74, 6) is -1.12. The van der Waals surface area contributed by atoms with Gasteiger partial charge in [0.25, 0.3) is 20.2 Å². The molecule has 8 nitrogen and oxygen atoms in total. The molecule has 0 bridgehead atoms. The molecule has 2 aromatic carbocycles. The van der Waals surface area contributed by atoms with Crippen LogP contribution in [0.4, 0.5) is 8.78 Å². The van der Waals surface area contributed by atoms with E-state index in [0.717, 1.165) is 48.5 Å². The van der Waals surface area contributed by atoms with Crippen LogP contribution in [0, 0.1) is 11.6 Å². The second-order valence-electron chi connectivity index (χ2n) is 5.68. The summed E-state index contributed by atoms with van der Waals surface area (Å²) < 4.78 is 92.8. The number of benzene rings is 2. The molecule has 12 heteroatoms. The summed E-state index contributed by atoms with van der Waals surface area (Å²) >= 11 is 0. The lowest BCUT2D eigenvalue weighted by Crippen LogP contribution is -2.15. The predicted octanol–water partition coefficient (Wildman–Crippen LogP) is 2.11. The summed E-state index contributed by atoms with van der Waals surface area (Å²) in [4.78, 5) is -0.328. The fourth-order valence-electron chi connectivity index (χ4n) is 2.07. The van der Waals surface area contributed by atoms with Gasteiger partial charge in [-0.15, -0.1) is 0 Å². The lowest BCUT2D eigenvalue weighted by atomic mass is 10.4. The van der Waals surface area contributed by atoms with Crippen molar-refractivity contribution in [1.29, 1.82) is 0 Å². The van der Waals surface area contributed by atoms with E-state index in [-0.39, 0.29) is 49.4 Å². The number of halogens is 2. The minimum absolute atomic E-state index is 0.0285. The molecule has 0 saturated carbocycles. The third-order valence-electron chi connectivity index (χ3n) is 3.51. The highest BCUT2D eigenvalue weighted by Gasteiger charge is 2.15. The van der Waals surface area contributed by atoms with E-state index in [1.165, 1.54) is 0 Å². The highest BCUT2D eigenvalue weighted by molar-refractivity contribution is 7.87. The Labute approximate surface area is 173 Å². The SMILES string of the molecule is O=S(=O)(OCCOCCOCCOS(=O)(=O)c1ccc(F)cc1)c1ccc(F)cc1. The van der Waals surface area contributed by atoms with Crippen molar-refractivity contribution in [2.45, 2.75) is 9.79 Å². The minimum Gasteiger partial charge on any atom is -0.377 e. The van der Waals surface area contributed by atoms with E-state index < -0.39 is 31.9 Å². The molecule has 0 N–H and O–H groups in total. The van der Waals surface area contributed by atoms with Crippen LogP contribution in [-0.2, 0) is 38.1 Å². The molecule has 0 fully saturated rings. The van der Waals surface area contributed by atoms with E-state index in [9.17, 15) is 25.6 Å². The number of ether oxygens (including phenoxy) is 2. The maximum atomic E-state index is 12.8. The third kappa shape index (κ3) is 8.05. The van der Waals surface area contributed by atoms with Crippen LogP contribution in [0.1, 0.15) is 0 Å². The Hall–Kier alpha value is -1.96. The first-order chi connectivity index (χ1) is 14.2. The standard InChI is InChI=1S/C18H20F2O8S2/c19-15-1-5-17(6-2-15)29(21,22)27-13-11-25-9-10-26-12-14-28-30(23,24)18-7-3-16(20)4-8-18/h1-8H,9-14H2. The van der Waals surface area contributed by atoms with Crippen LogP contribution in [-0.4, -0.2) is 56.5 Å². The summed E-state index contributed by atoms with van der Waals surface area (Å²) in [7, 11) is -7.99. The number of hydrogen-bond acceptors (Lipinski definition) is 8. The Bertz CT molecular complexity index is 908. The third-order valence-corrected chi connectivity index (χ3v) is 6.16. The molecule has 2 aromatic rings. The van der Waals surface area contributed by atoms with Crippen molar-refractivity contribution in [2.75, 3.05) is 39.6 Å². The monoisotopic (exact) mass is 466 g/mol. The van der Waals surface area contributed by atoms with Crippen molar-refractivity contribution in [3.8, 4) is 0 Å². The number of hydrogen-bond donors (Lipinski definition) is 0. The molecule has 2 rings (SSSR count). The molecule has 0 heterocycles. The molecule has 0 spiro atoms. The highest BCUT2D eigenvalue weighted by Crippen LogP contribution is 2.13. The predicted molar refractivity (Wildman–Crippen MR) is 101 cm³/mol. The van der Waals surface area contributed by atoms with Crippen molar-refractivity contribution in [1.82, 2.24) is 0 Å². The second-order valence-corrected chi connectivity index (χ2v) is 8.92. The molecule has 0 radical (unpaired) electrons. The Balaban J connectivity index is 1.54. The van der Waals surface area contributed by atoms with Crippen molar-refractivity contribution < 1.29 is 43.5 Å². The van der Waals surface area contributed by atoms with Crippen molar-refractivity contribution in [3.05, 3.63) is 60.2 Å². The maximum Gasteiger partial charge on any atom is 0.297 e. The van der Waals surface area contributed by atoms with Gasteiger partial charge in [0.1, 0.15) is 11.6 Å². The van der Waals surface area contributed by atoms with Gasteiger partial charge in [0.15, 0.2) is 0 Å². The average molecular weight is 466 g/mol. The van der Waals surface area contributed by atoms with Crippen LogP contribution in [0.3, 0.4) is 0 Å². The molecular weight excluding hydrogens is 446 g/mol. The molecule has 0 unspecified atom stereocenters. The lowest BCUT2D eigenvalue weighted by molar-refractivity contribution is 0.0285. The molecule has 0 amide bonds. The van der Waals surface area contributed by atoms with Crippen molar-refractivity contribution in [3.63, 3.8) is 0 Å². The fourth-order valence-corrected chi connectivity index (χ4v) is 3.85. The van der Waals surface area contributed by atoms with Crippen LogP contribution < -0.4 is 0 Å². The molecule has 0 aromatic heterocycles. The summed E-state index contributed by atoms with van der Waals surface area (Å²) in [5.41, 5.74) is 0. The Kier molecular flexibility index (Phi) is 9.27. The van der Waals surface area contributed by atoms with Crippen LogP contribution in [0.15, 0.2) is 58.3 Å². The summed E-state index contributed by atoms with van der Waals surface area (Å²) in [6.07, 6.45) is 0. The zero-order valence-corrected chi connectivity index (χ0v) is 17.3. The molecule has 0 aliphatic rings. The van der Waals surface area contributed by atoms with Crippen molar-refractivity contribution in [2.24, 2.45) is 0 Å². The first-order valence-corrected chi connectivity index (χ1v) is 11.5. The smallest absolute Gasteiger partial charge is 0.297 e. The summed E-state index contributed by atoms with van der Waals surface area (Å²) in [6.45, 7) is -0.300. The Morgan fingerprint density at radius 1 is 0.533 bits per heavy atom. The molecule has 30 heavy (non-hydrogen) atoms. The zero-order valence-electron chi connectivity index (χ0n) is 15.7. The van der Waals surface area contributed by atoms with Gasteiger partial charge in [-0.25, -0.2) is 8.78 Å². The lowest BCUT2D eigenvalue weighted by Gasteiger charge is -2.08. The topological polar surface area (TPSA) is 105 Å². The van der Waals surface area contributed by atoms with Gasteiger partial charge >= 0.3 is 0 Å². The largest absolute Gasteiger partial charge is 0.377 e. The van der Waals surface area contributed by atoms with Crippen LogP contribution in [0.5, 0.6) is 0 Å². The van der Waals surface area contributed by atoms with E-state index >= 15 is 0 Å². The minimum atomic E-state index is -3.99. The van der Waals surface area contributed by atoms with Crippen LogP contribution in [0.2, 0.25) is 0 Å². The Morgan fingerprint density at radius 3 is 1.17 bits per heavy atom. The van der Waals surface area contributed by atoms with Crippen LogP contribution in [0.25, 0.3) is 0 Å². The van der Waals surface area contributed by atoms with E-state index in [1.807, 2.05) is 0 Å². The number of rotatable bonds is 13. The van der Waals surface area contributed by atoms with E-state index in [0.29, 0.717) is 0 Å². The van der Waals surface area contributed by atoms with Gasteiger partial charge < -0.3 is 9.47 Å². The Morgan fingerprint density at radius 2 is 0.833 bits per heavy atom. The maximum absolute atomic E-state index is 12.8. The van der Waals surface area contributed by atoms with Gasteiger partial charge in [0.2, 0.25) is 0 Å². The van der Waals surface area contributed by atoms with Crippen LogP contribution >= 0.6 is 0 Å². The molecule has 0 saturated heterocycles. The van der Waals surface area contributed by atoms with Gasteiger partial charge in [-0.1, -0.05) is 0 Å². The fraction of sp³-hybridized carbons (Fsp3) is 0.333. The molecule has 0 atom stereocenters. The van der Waals surface area contributed by atoms with Gasteiger partial charge in [-0.3, -0.25) is 8.37 Å². The summed E-state index contributed by atoms with van der Waals surface area (Å²) in [6, 6.07) is 8.43. The van der Waals surface area contributed by atoms with Gasteiger partial charge in [-0.2, -0.15) is 16.8 Å². The molecule has 166 valence electrons. The molecule has 0 aliphatic heterocycles. The quantitative estimate of drug-likeness (QED) is 0.327. The van der Waals surface area contributed by atoms with Gasteiger partial charge in [0.05, 0.1) is 49.4 Å².